The number of amides is 1. The van der Waals surface area contributed by atoms with Crippen LogP contribution in [0.5, 0.6) is 0 Å². The van der Waals surface area contributed by atoms with Crippen LogP contribution >= 0.6 is 0 Å². The maximum absolute atomic E-state index is 14.3. The maximum Gasteiger partial charge on any atom is 0.304 e. The van der Waals surface area contributed by atoms with E-state index in [2.05, 4.69) is 5.32 Å². The fourth-order valence-corrected chi connectivity index (χ4v) is 5.60. The molecule has 1 heterocycles. The van der Waals surface area contributed by atoms with E-state index in [1.165, 1.54) is 60.9 Å². The van der Waals surface area contributed by atoms with E-state index >= 15 is 0 Å². The molecular weight excluding hydrogens is 475 g/mol. The number of halogens is 1. The molecule has 1 fully saturated rings. The lowest BCUT2D eigenvalue weighted by Crippen LogP contribution is -2.44. The smallest absolute Gasteiger partial charge is 0.304 e. The lowest BCUT2D eigenvalue weighted by Gasteiger charge is -2.27. The van der Waals surface area contributed by atoms with Crippen LogP contribution in [0, 0.1) is 5.82 Å². The standard InChI is InChI=1S/C20H25FN4O6S2/c1-23(2)33(29,30)25(19-6-4-3-5-18(19)21)15-20(26)22-16-7-9-17(10-8-16)32(27,28)24-11-13-31-14-12-24/h3-10H,11-15H2,1-2H3,(H,22,26). The zero-order valence-corrected chi connectivity index (χ0v) is 19.8. The number of nitrogens with zero attached hydrogens (tertiary/aromatic N) is 3. The molecule has 0 radical (unpaired) electrons. The minimum absolute atomic E-state index is 0.0607. The van der Waals surface area contributed by atoms with Crippen molar-refractivity contribution in [1.82, 2.24) is 8.61 Å². The van der Waals surface area contributed by atoms with Crippen LogP contribution in [-0.2, 0) is 29.8 Å². The minimum Gasteiger partial charge on any atom is -0.379 e. The zero-order chi connectivity index (χ0) is 24.2. The first kappa shape index (κ1) is 25.1. The van der Waals surface area contributed by atoms with Gasteiger partial charge >= 0.3 is 10.2 Å². The molecule has 2 aromatic rings. The highest BCUT2D eigenvalue weighted by Gasteiger charge is 2.30. The quantitative estimate of drug-likeness (QED) is 0.580. The van der Waals surface area contributed by atoms with Gasteiger partial charge in [-0.1, -0.05) is 12.1 Å². The molecule has 0 saturated carbocycles. The third-order valence-electron chi connectivity index (χ3n) is 4.89. The number of ether oxygens (including phenoxy) is 1. The average molecular weight is 501 g/mol. The van der Waals surface area contributed by atoms with Crippen LogP contribution in [0.1, 0.15) is 0 Å². The van der Waals surface area contributed by atoms with E-state index in [9.17, 15) is 26.0 Å². The number of carbonyl (C=O) groups excluding carboxylic acids is 1. The Morgan fingerprint density at radius 3 is 2.21 bits per heavy atom. The van der Waals surface area contributed by atoms with Crippen LogP contribution in [0.2, 0.25) is 0 Å². The van der Waals surface area contributed by atoms with Gasteiger partial charge in [0.05, 0.1) is 23.8 Å². The lowest BCUT2D eigenvalue weighted by molar-refractivity contribution is -0.114. The Morgan fingerprint density at radius 2 is 1.64 bits per heavy atom. The molecule has 33 heavy (non-hydrogen) atoms. The van der Waals surface area contributed by atoms with E-state index in [4.69, 9.17) is 4.74 Å². The average Bonchev–Trinajstić information content (AvgIpc) is 2.79. The second-order valence-corrected chi connectivity index (χ2v) is 11.3. The van der Waals surface area contributed by atoms with Crippen molar-refractivity contribution in [3.63, 3.8) is 0 Å². The molecule has 1 N–H and O–H groups in total. The number of para-hydroxylation sites is 1. The molecule has 1 aliphatic heterocycles. The van der Waals surface area contributed by atoms with E-state index < -0.39 is 38.5 Å². The molecule has 3 rings (SSSR count). The Morgan fingerprint density at radius 1 is 1.03 bits per heavy atom. The van der Waals surface area contributed by atoms with Gasteiger partial charge in [-0.05, 0) is 36.4 Å². The largest absolute Gasteiger partial charge is 0.379 e. The molecule has 0 bridgehead atoms. The van der Waals surface area contributed by atoms with Gasteiger partial charge in [0.15, 0.2) is 0 Å². The number of benzene rings is 2. The van der Waals surface area contributed by atoms with Crippen LogP contribution in [0.15, 0.2) is 53.4 Å². The van der Waals surface area contributed by atoms with Crippen LogP contribution < -0.4 is 9.62 Å². The van der Waals surface area contributed by atoms with Crippen LogP contribution in [-0.4, -0.2) is 78.3 Å². The Hall–Kier alpha value is -2.58. The molecule has 0 spiro atoms. The molecule has 180 valence electrons. The van der Waals surface area contributed by atoms with Gasteiger partial charge in [0.2, 0.25) is 15.9 Å². The number of hydrogen-bond donors (Lipinski definition) is 1. The Labute approximate surface area is 192 Å². The molecule has 0 aliphatic carbocycles. The van der Waals surface area contributed by atoms with Crippen molar-refractivity contribution in [2.75, 3.05) is 56.6 Å². The summed E-state index contributed by atoms with van der Waals surface area (Å²) >= 11 is 0. The first-order valence-electron chi connectivity index (χ1n) is 9.96. The predicted octanol–water partition coefficient (Wildman–Crippen LogP) is 1.10. The predicted molar refractivity (Wildman–Crippen MR) is 121 cm³/mol. The second-order valence-electron chi connectivity index (χ2n) is 7.34. The van der Waals surface area contributed by atoms with Gasteiger partial charge < -0.3 is 10.1 Å². The molecule has 0 aromatic heterocycles. The second kappa shape index (κ2) is 10.1. The molecule has 13 heteroatoms. The van der Waals surface area contributed by atoms with Gasteiger partial charge in [-0.15, -0.1) is 0 Å². The zero-order valence-electron chi connectivity index (χ0n) is 18.1. The topological polar surface area (TPSA) is 116 Å². The van der Waals surface area contributed by atoms with Crippen molar-refractivity contribution in [2.24, 2.45) is 0 Å². The van der Waals surface area contributed by atoms with Gasteiger partial charge in [0.1, 0.15) is 12.4 Å². The van der Waals surface area contributed by atoms with Gasteiger partial charge in [0.25, 0.3) is 0 Å². The third-order valence-corrected chi connectivity index (χ3v) is 8.61. The summed E-state index contributed by atoms with van der Waals surface area (Å²) in [5.74, 6) is -1.53. The van der Waals surface area contributed by atoms with Crippen molar-refractivity contribution in [3.8, 4) is 0 Å². The van der Waals surface area contributed by atoms with Gasteiger partial charge in [-0.2, -0.15) is 17.0 Å². The van der Waals surface area contributed by atoms with Gasteiger partial charge in [-0.25, -0.2) is 17.1 Å². The molecule has 1 amide bonds. The molecule has 0 unspecified atom stereocenters. The number of hydrogen-bond acceptors (Lipinski definition) is 6. The number of morpholine rings is 1. The van der Waals surface area contributed by atoms with Crippen molar-refractivity contribution in [3.05, 3.63) is 54.3 Å². The first-order valence-corrected chi connectivity index (χ1v) is 12.8. The van der Waals surface area contributed by atoms with E-state index in [1.807, 2.05) is 0 Å². The van der Waals surface area contributed by atoms with Crippen molar-refractivity contribution in [2.45, 2.75) is 4.90 Å². The molecular formula is C20H25FN4O6S2. The summed E-state index contributed by atoms with van der Waals surface area (Å²) in [4.78, 5) is 12.7. The number of sulfonamides is 1. The van der Waals surface area contributed by atoms with Crippen molar-refractivity contribution < 1.29 is 30.8 Å². The van der Waals surface area contributed by atoms with E-state index in [0.29, 0.717) is 17.5 Å². The highest BCUT2D eigenvalue weighted by Crippen LogP contribution is 2.23. The summed E-state index contributed by atoms with van der Waals surface area (Å²) in [5.41, 5.74) is -0.00929. The summed E-state index contributed by atoms with van der Waals surface area (Å²) in [6.45, 7) is 0.471. The number of anilines is 2. The van der Waals surface area contributed by atoms with Crippen LogP contribution in [0.4, 0.5) is 15.8 Å². The summed E-state index contributed by atoms with van der Waals surface area (Å²) < 4.78 is 73.1. The number of carbonyl (C=O) groups is 1. The van der Waals surface area contributed by atoms with Gasteiger partial charge in [0, 0.05) is 32.9 Å². The fraction of sp³-hybridized carbons (Fsp3) is 0.350. The molecule has 10 nitrogen and oxygen atoms in total. The molecule has 1 aliphatic rings. The Balaban J connectivity index is 1.76. The summed E-state index contributed by atoms with van der Waals surface area (Å²) in [7, 11) is -5.31. The normalized spacial score (nSPS) is 15.4. The summed E-state index contributed by atoms with van der Waals surface area (Å²) in [6.07, 6.45) is 0. The molecule has 2 aromatic carbocycles. The minimum atomic E-state index is -4.17. The van der Waals surface area contributed by atoms with E-state index in [0.717, 1.165) is 10.4 Å². The van der Waals surface area contributed by atoms with Crippen LogP contribution in [0.3, 0.4) is 0 Å². The monoisotopic (exact) mass is 500 g/mol. The SMILES string of the molecule is CN(C)S(=O)(=O)N(CC(=O)Nc1ccc(S(=O)(=O)N2CCOCC2)cc1)c1ccccc1F. The van der Waals surface area contributed by atoms with Crippen molar-refractivity contribution in [1.29, 1.82) is 0 Å². The summed E-state index contributed by atoms with van der Waals surface area (Å²) in [6, 6.07) is 10.7. The van der Waals surface area contributed by atoms with Crippen molar-refractivity contribution >= 4 is 37.5 Å². The molecule has 0 atom stereocenters. The first-order chi connectivity index (χ1) is 15.5. The Bertz CT molecular complexity index is 1200. The highest BCUT2D eigenvalue weighted by molar-refractivity contribution is 7.90. The third kappa shape index (κ3) is 5.68. The number of rotatable bonds is 8. The summed E-state index contributed by atoms with van der Waals surface area (Å²) in [5, 5.41) is 2.52. The maximum atomic E-state index is 14.3. The molecule has 1 saturated heterocycles. The Kier molecular flexibility index (Phi) is 7.69. The van der Waals surface area contributed by atoms with Crippen LogP contribution in [0.25, 0.3) is 0 Å². The number of nitrogens with one attached hydrogen (secondary N) is 1. The van der Waals surface area contributed by atoms with Gasteiger partial charge in [-0.3, -0.25) is 4.79 Å². The fourth-order valence-electron chi connectivity index (χ4n) is 3.12. The van der Waals surface area contributed by atoms with E-state index in [-0.39, 0.29) is 29.4 Å². The highest BCUT2D eigenvalue weighted by atomic mass is 32.2. The van der Waals surface area contributed by atoms with E-state index in [1.54, 1.807) is 0 Å². The lowest BCUT2D eigenvalue weighted by atomic mass is 10.3.